The van der Waals surface area contributed by atoms with E-state index >= 15 is 0 Å². The fraction of sp³-hybridized carbons (Fsp3) is 0.273. The van der Waals surface area contributed by atoms with Crippen molar-refractivity contribution in [1.82, 2.24) is 9.78 Å². The molecule has 0 spiro atoms. The average Bonchev–Trinajstić information content (AvgIpc) is 3.33. The van der Waals surface area contributed by atoms with Crippen LogP contribution in [0.15, 0.2) is 65.6 Å². The number of carbonyl (C=O) groups is 1. The highest BCUT2D eigenvalue weighted by Gasteiger charge is 2.45. The van der Waals surface area contributed by atoms with Gasteiger partial charge in [0, 0.05) is 12.6 Å². The lowest BCUT2D eigenvalue weighted by atomic mass is 10.2. The zero-order valence-corrected chi connectivity index (χ0v) is 18.4. The van der Waals surface area contributed by atoms with Crippen molar-refractivity contribution in [3.05, 3.63) is 76.9 Å². The Balaban J connectivity index is 1.69. The molecule has 1 N–H and O–H groups in total. The fourth-order valence-electron chi connectivity index (χ4n) is 4.00. The molecule has 2 aromatic carbocycles. The summed E-state index contributed by atoms with van der Waals surface area (Å²) in [4.78, 5) is 13.7. The van der Waals surface area contributed by atoms with Gasteiger partial charge in [-0.1, -0.05) is 54.1 Å². The third kappa shape index (κ3) is 4.18. The Hall–Kier alpha value is -2.84. The van der Waals surface area contributed by atoms with E-state index in [1.165, 1.54) is 12.1 Å². The minimum absolute atomic E-state index is 0.0293. The number of hydrogen-bond acceptors (Lipinski definition) is 5. The molecule has 2 heterocycles. The molecule has 1 aliphatic heterocycles. The van der Waals surface area contributed by atoms with Crippen LogP contribution in [0.1, 0.15) is 17.7 Å². The van der Waals surface area contributed by atoms with Crippen molar-refractivity contribution in [1.29, 1.82) is 0 Å². The number of anilines is 1. The van der Waals surface area contributed by atoms with Crippen LogP contribution in [-0.2, 0) is 21.2 Å². The van der Waals surface area contributed by atoms with Crippen LogP contribution in [0.4, 0.5) is 5.82 Å². The van der Waals surface area contributed by atoms with Gasteiger partial charge in [0.1, 0.15) is 11.9 Å². The summed E-state index contributed by atoms with van der Waals surface area (Å²) < 4.78 is 28.2. The molecule has 3 aromatic rings. The van der Waals surface area contributed by atoms with Crippen LogP contribution < -0.4 is 4.90 Å². The highest BCUT2D eigenvalue weighted by molar-refractivity contribution is 7.92. The number of halogens is 1. The summed E-state index contributed by atoms with van der Waals surface area (Å²) >= 11 is 6.14. The molecule has 9 heteroatoms. The number of carboxylic acids is 1. The number of carboxylic acid groups (broad SMARTS) is 1. The lowest BCUT2D eigenvalue weighted by molar-refractivity contribution is -0.138. The maximum absolute atomic E-state index is 13.3. The Bertz CT molecular complexity index is 1210. The van der Waals surface area contributed by atoms with E-state index in [0.717, 1.165) is 11.3 Å². The Morgan fingerprint density at radius 1 is 1.16 bits per heavy atom. The number of aliphatic carboxylic acids is 1. The minimum Gasteiger partial charge on any atom is -0.480 e. The average molecular weight is 460 g/mol. The molecule has 1 saturated heterocycles. The Morgan fingerprint density at radius 2 is 1.84 bits per heavy atom. The molecule has 162 valence electrons. The molecule has 0 saturated carbocycles. The summed E-state index contributed by atoms with van der Waals surface area (Å²) in [6, 6.07) is 16.8. The lowest BCUT2D eigenvalue weighted by Gasteiger charge is -2.24. The second kappa shape index (κ2) is 8.36. The Labute approximate surface area is 185 Å². The summed E-state index contributed by atoms with van der Waals surface area (Å²) in [5.74, 6) is -0.479. The van der Waals surface area contributed by atoms with Crippen LogP contribution in [0.3, 0.4) is 0 Å². The first-order valence-corrected chi connectivity index (χ1v) is 11.8. The number of hydrogen-bond donors (Lipinski definition) is 1. The Kier molecular flexibility index (Phi) is 5.77. The first-order valence-electron chi connectivity index (χ1n) is 9.83. The highest BCUT2D eigenvalue weighted by atomic mass is 35.5. The van der Waals surface area contributed by atoms with Gasteiger partial charge in [-0.15, -0.1) is 0 Å². The van der Waals surface area contributed by atoms with Crippen molar-refractivity contribution >= 4 is 33.2 Å². The highest BCUT2D eigenvalue weighted by Crippen LogP contribution is 2.34. The SMILES string of the molecule is Cc1cc(N2C[C@H](S(=O)(=O)c3ccccc3Cl)C[C@H]2C(=O)O)n(Cc2ccccc2)n1. The molecule has 31 heavy (non-hydrogen) atoms. The molecule has 0 amide bonds. The lowest BCUT2D eigenvalue weighted by Crippen LogP contribution is -2.37. The molecular formula is C22H22ClN3O4S. The van der Waals surface area contributed by atoms with Crippen molar-refractivity contribution < 1.29 is 18.3 Å². The molecule has 0 bridgehead atoms. The van der Waals surface area contributed by atoms with Gasteiger partial charge < -0.3 is 10.0 Å². The van der Waals surface area contributed by atoms with Gasteiger partial charge in [0.25, 0.3) is 0 Å². The van der Waals surface area contributed by atoms with Crippen LogP contribution in [0, 0.1) is 6.92 Å². The normalized spacial score (nSPS) is 19.0. The fourth-order valence-corrected chi connectivity index (χ4v) is 6.22. The monoisotopic (exact) mass is 459 g/mol. The number of sulfone groups is 1. The van der Waals surface area contributed by atoms with Crippen LogP contribution >= 0.6 is 11.6 Å². The zero-order valence-electron chi connectivity index (χ0n) is 16.8. The predicted octanol–water partition coefficient (Wildman–Crippen LogP) is 3.40. The van der Waals surface area contributed by atoms with E-state index in [1.807, 2.05) is 37.3 Å². The molecule has 0 unspecified atom stereocenters. The van der Waals surface area contributed by atoms with Gasteiger partial charge in [0.2, 0.25) is 0 Å². The van der Waals surface area contributed by atoms with E-state index in [9.17, 15) is 18.3 Å². The minimum atomic E-state index is -3.81. The van der Waals surface area contributed by atoms with Gasteiger partial charge in [0.15, 0.2) is 9.84 Å². The van der Waals surface area contributed by atoms with E-state index in [-0.39, 0.29) is 22.9 Å². The summed E-state index contributed by atoms with van der Waals surface area (Å²) in [7, 11) is -3.81. The maximum atomic E-state index is 13.3. The molecule has 4 rings (SSSR count). The van der Waals surface area contributed by atoms with Crippen LogP contribution in [0.25, 0.3) is 0 Å². The number of aromatic nitrogens is 2. The van der Waals surface area contributed by atoms with Crippen LogP contribution in [0.2, 0.25) is 5.02 Å². The standard InChI is InChI=1S/C22H22ClN3O4S/c1-15-11-21(26(24-15)13-16-7-3-2-4-8-16)25-14-17(12-19(25)22(27)28)31(29,30)20-10-6-5-9-18(20)23/h2-11,17,19H,12-14H2,1H3,(H,27,28)/t17-,19+/m1/s1. The van der Waals surface area contributed by atoms with Crippen LogP contribution in [0.5, 0.6) is 0 Å². The van der Waals surface area contributed by atoms with E-state index < -0.39 is 27.1 Å². The number of nitrogens with zero attached hydrogens (tertiary/aromatic N) is 3. The number of rotatable bonds is 6. The molecule has 0 radical (unpaired) electrons. The van der Waals surface area contributed by atoms with Gasteiger partial charge in [-0.25, -0.2) is 17.9 Å². The van der Waals surface area contributed by atoms with E-state index in [1.54, 1.807) is 27.8 Å². The zero-order chi connectivity index (χ0) is 22.2. The molecular weight excluding hydrogens is 438 g/mol. The maximum Gasteiger partial charge on any atom is 0.326 e. The third-order valence-corrected chi connectivity index (χ3v) is 8.11. The van der Waals surface area contributed by atoms with Crippen molar-refractivity contribution in [3.63, 3.8) is 0 Å². The van der Waals surface area contributed by atoms with E-state index in [2.05, 4.69) is 5.10 Å². The van der Waals surface area contributed by atoms with Gasteiger partial charge >= 0.3 is 5.97 Å². The van der Waals surface area contributed by atoms with Crippen molar-refractivity contribution in [2.24, 2.45) is 0 Å². The molecule has 0 aliphatic carbocycles. The first-order chi connectivity index (χ1) is 14.8. The number of aryl methyl sites for hydroxylation is 1. The second-order valence-corrected chi connectivity index (χ2v) is 10.2. The van der Waals surface area contributed by atoms with E-state index in [4.69, 9.17) is 11.6 Å². The van der Waals surface area contributed by atoms with Gasteiger partial charge in [-0.2, -0.15) is 5.10 Å². The second-order valence-electron chi connectivity index (χ2n) is 7.63. The summed E-state index contributed by atoms with van der Waals surface area (Å²) in [6.45, 7) is 2.33. The molecule has 1 fully saturated rings. The van der Waals surface area contributed by atoms with Gasteiger partial charge in [-0.3, -0.25) is 0 Å². The quantitative estimate of drug-likeness (QED) is 0.607. The summed E-state index contributed by atoms with van der Waals surface area (Å²) in [5, 5.41) is 13.6. The van der Waals surface area contributed by atoms with E-state index in [0.29, 0.717) is 12.4 Å². The van der Waals surface area contributed by atoms with Gasteiger partial charge in [0.05, 0.1) is 27.4 Å². The third-order valence-electron chi connectivity index (χ3n) is 5.48. The van der Waals surface area contributed by atoms with Gasteiger partial charge in [-0.05, 0) is 31.0 Å². The van der Waals surface area contributed by atoms with Crippen molar-refractivity contribution in [2.75, 3.05) is 11.4 Å². The predicted molar refractivity (Wildman–Crippen MR) is 118 cm³/mol. The topological polar surface area (TPSA) is 92.5 Å². The first kappa shape index (κ1) is 21.4. The molecule has 1 aliphatic rings. The molecule has 1 aromatic heterocycles. The largest absolute Gasteiger partial charge is 0.480 e. The van der Waals surface area contributed by atoms with Crippen LogP contribution in [-0.4, -0.2) is 47.1 Å². The molecule has 7 nitrogen and oxygen atoms in total. The van der Waals surface area contributed by atoms with Crippen molar-refractivity contribution in [3.8, 4) is 0 Å². The Morgan fingerprint density at radius 3 is 2.52 bits per heavy atom. The summed E-state index contributed by atoms with van der Waals surface area (Å²) in [5.41, 5.74) is 1.74. The summed E-state index contributed by atoms with van der Waals surface area (Å²) in [6.07, 6.45) is -0.0293. The smallest absolute Gasteiger partial charge is 0.326 e. The molecule has 2 atom stereocenters. The van der Waals surface area contributed by atoms with Crippen molar-refractivity contribution in [2.45, 2.75) is 36.1 Å². The number of benzene rings is 2.